The lowest BCUT2D eigenvalue weighted by atomic mass is 9.76. The quantitative estimate of drug-likeness (QED) is 0.644. The van der Waals surface area contributed by atoms with Crippen LogP contribution in [0.1, 0.15) is 43.0 Å². The molecule has 9 nitrogen and oxygen atoms in total. The lowest BCUT2D eigenvalue weighted by Gasteiger charge is -2.41. The van der Waals surface area contributed by atoms with E-state index in [0.717, 1.165) is 0 Å². The number of aliphatic imine (C=N–C) groups is 1. The Kier molecular flexibility index (Phi) is 4.98. The van der Waals surface area contributed by atoms with Crippen molar-refractivity contribution in [3.63, 3.8) is 0 Å². The fourth-order valence-corrected chi connectivity index (χ4v) is 4.85. The van der Waals surface area contributed by atoms with Gasteiger partial charge >= 0.3 is 0 Å². The number of anilines is 2. The van der Waals surface area contributed by atoms with E-state index in [4.69, 9.17) is 10.5 Å². The average molecular weight is 445 g/mol. The number of carbonyl (C=O) groups excluding carboxylic acids is 1. The van der Waals surface area contributed by atoms with E-state index in [1.54, 1.807) is 12.3 Å². The van der Waals surface area contributed by atoms with Gasteiger partial charge in [0.1, 0.15) is 23.4 Å². The van der Waals surface area contributed by atoms with Crippen molar-refractivity contribution >= 4 is 29.1 Å². The molecule has 0 aromatic carbocycles. The van der Waals surface area contributed by atoms with E-state index < -0.39 is 17.6 Å². The van der Waals surface area contributed by atoms with Gasteiger partial charge in [-0.3, -0.25) is 4.79 Å². The van der Waals surface area contributed by atoms with Crippen LogP contribution in [0.15, 0.2) is 29.3 Å². The molecular formula is C21H25F2N7O2. The van der Waals surface area contributed by atoms with Gasteiger partial charge in [-0.1, -0.05) is 0 Å². The molecule has 1 fully saturated rings. The Morgan fingerprint density at radius 2 is 2.22 bits per heavy atom. The topological polar surface area (TPSA) is 110 Å². The fraction of sp³-hybridized carbons (Fsp3) is 0.524. The smallest absolute Gasteiger partial charge is 0.258 e. The van der Waals surface area contributed by atoms with Gasteiger partial charge in [0.15, 0.2) is 17.4 Å². The highest BCUT2D eigenvalue weighted by molar-refractivity contribution is 6.04. The number of amides is 1. The molecule has 2 aromatic rings. The third kappa shape index (κ3) is 3.35. The van der Waals surface area contributed by atoms with Gasteiger partial charge in [0.2, 0.25) is 0 Å². The summed E-state index contributed by atoms with van der Waals surface area (Å²) >= 11 is 0. The lowest BCUT2D eigenvalue weighted by Crippen LogP contribution is -2.49. The molecule has 32 heavy (non-hydrogen) atoms. The summed E-state index contributed by atoms with van der Waals surface area (Å²) in [7, 11) is 0. The molecule has 11 heteroatoms. The van der Waals surface area contributed by atoms with Gasteiger partial charge in [0, 0.05) is 31.6 Å². The van der Waals surface area contributed by atoms with Crippen molar-refractivity contribution in [1.82, 2.24) is 19.9 Å². The predicted molar refractivity (Wildman–Crippen MR) is 115 cm³/mol. The second kappa shape index (κ2) is 7.72. The summed E-state index contributed by atoms with van der Waals surface area (Å²) in [4.78, 5) is 23.5. The minimum atomic E-state index is -1.12. The van der Waals surface area contributed by atoms with Crippen LogP contribution in [0, 0.1) is 5.41 Å². The molecule has 5 heterocycles. The lowest BCUT2D eigenvalue weighted by molar-refractivity contribution is 0.0954. The van der Waals surface area contributed by atoms with Crippen molar-refractivity contribution in [1.29, 1.82) is 0 Å². The predicted octanol–water partition coefficient (Wildman–Crippen LogP) is 2.39. The second-order valence-electron chi connectivity index (χ2n) is 8.73. The van der Waals surface area contributed by atoms with Crippen molar-refractivity contribution in [3.05, 3.63) is 29.9 Å². The highest BCUT2D eigenvalue weighted by Gasteiger charge is 2.50. The van der Waals surface area contributed by atoms with Gasteiger partial charge < -0.3 is 20.7 Å². The van der Waals surface area contributed by atoms with Crippen molar-refractivity contribution in [2.75, 3.05) is 30.3 Å². The van der Waals surface area contributed by atoms with Crippen LogP contribution in [0.5, 0.6) is 0 Å². The summed E-state index contributed by atoms with van der Waals surface area (Å²) in [6, 6.07) is 1.26. The van der Waals surface area contributed by atoms with Crippen molar-refractivity contribution in [3.8, 4) is 0 Å². The number of hydrogen-bond acceptors (Lipinski definition) is 7. The average Bonchev–Trinajstić information content (AvgIpc) is 3.30. The third-order valence-corrected chi connectivity index (χ3v) is 6.45. The third-order valence-electron chi connectivity index (χ3n) is 6.45. The van der Waals surface area contributed by atoms with Gasteiger partial charge in [-0.15, -0.1) is 5.10 Å². The monoisotopic (exact) mass is 445 g/mol. The molecule has 3 aliphatic heterocycles. The minimum absolute atomic E-state index is 0.0624. The van der Waals surface area contributed by atoms with Crippen LogP contribution in [-0.2, 0) is 4.74 Å². The van der Waals surface area contributed by atoms with Gasteiger partial charge in [-0.05, 0) is 25.8 Å². The molecule has 2 aromatic heterocycles. The molecule has 3 aliphatic rings. The Labute approximate surface area is 183 Å². The summed E-state index contributed by atoms with van der Waals surface area (Å²) < 4.78 is 36.5. The largest absolute Gasteiger partial charge is 0.480 e. The molecule has 170 valence electrons. The number of carbonyl (C=O) groups is 1. The SMILES string of the molecule is CC12CC(F)=CN=C1OCCCCNC(=O)c1c(N)nn3ccc(nc13)N1C[C@@H](F)C[C@@H]12. The zero-order valence-electron chi connectivity index (χ0n) is 17.7. The summed E-state index contributed by atoms with van der Waals surface area (Å²) in [5.74, 6) is 0.195. The first-order valence-electron chi connectivity index (χ1n) is 10.8. The molecule has 0 spiro atoms. The molecule has 3 atom stereocenters. The number of nitrogens with two attached hydrogens (primary N) is 1. The Bertz CT molecular complexity index is 1130. The number of alkyl halides is 1. The summed E-state index contributed by atoms with van der Waals surface area (Å²) in [5, 5.41) is 7.02. The number of nitrogen functional groups attached to an aromatic ring is 1. The second-order valence-corrected chi connectivity index (χ2v) is 8.73. The molecule has 3 N–H and O–H groups in total. The zero-order valence-corrected chi connectivity index (χ0v) is 17.7. The molecule has 2 bridgehead atoms. The maximum Gasteiger partial charge on any atom is 0.258 e. The summed E-state index contributed by atoms with van der Waals surface area (Å²) in [6.45, 7) is 2.73. The van der Waals surface area contributed by atoms with E-state index in [0.29, 0.717) is 43.4 Å². The zero-order chi connectivity index (χ0) is 22.5. The Hall–Kier alpha value is -3.24. The van der Waals surface area contributed by atoms with Gasteiger partial charge in [-0.2, -0.15) is 0 Å². The van der Waals surface area contributed by atoms with Crippen molar-refractivity contribution in [2.24, 2.45) is 10.4 Å². The van der Waals surface area contributed by atoms with Crippen LogP contribution in [0.2, 0.25) is 0 Å². The standard InChI is InChI=1S/C21H25F2N7O2/c1-21-9-13(23)10-26-20(21)32-7-3-2-5-25-19(31)16-17(24)28-30-6-4-15(27-18(16)30)29-11-12(22)8-14(21)29/h4,6,10,12,14H,2-3,5,7-9,11H2,1H3,(H2,24,28)(H,25,31)/t12-,14+,21?/m0/s1. The Morgan fingerprint density at radius 3 is 3.06 bits per heavy atom. The van der Waals surface area contributed by atoms with Crippen molar-refractivity contribution in [2.45, 2.75) is 44.8 Å². The van der Waals surface area contributed by atoms with Crippen LogP contribution in [-0.4, -0.2) is 58.3 Å². The number of nitrogens with one attached hydrogen (secondary N) is 1. The molecule has 5 rings (SSSR count). The van der Waals surface area contributed by atoms with Crippen molar-refractivity contribution < 1.29 is 18.3 Å². The molecule has 0 aliphatic carbocycles. The molecule has 1 unspecified atom stereocenters. The molecule has 0 saturated carbocycles. The maximum atomic E-state index is 14.7. The number of allylic oxidation sites excluding steroid dienone is 1. The summed E-state index contributed by atoms with van der Waals surface area (Å²) in [5.41, 5.74) is 5.61. The molecule has 1 amide bonds. The number of fused-ring (bicyclic) bond motifs is 5. The Balaban J connectivity index is 1.64. The first-order valence-corrected chi connectivity index (χ1v) is 10.8. The highest BCUT2D eigenvalue weighted by atomic mass is 19.1. The van der Waals surface area contributed by atoms with Crippen LogP contribution >= 0.6 is 0 Å². The number of rotatable bonds is 0. The van der Waals surface area contributed by atoms with E-state index in [-0.39, 0.29) is 42.5 Å². The minimum Gasteiger partial charge on any atom is -0.480 e. The number of hydrogen-bond donors (Lipinski definition) is 2. The first kappa shape index (κ1) is 20.7. The fourth-order valence-electron chi connectivity index (χ4n) is 4.85. The number of aromatic nitrogens is 3. The van der Waals surface area contributed by atoms with Crippen LogP contribution < -0.4 is 16.0 Å². The maximum absolute atomic E-state index is 14.7. The van der Waals surface area contributed by atoms with Gasteiger partial charge in [-0.25, -0.2) is 23.3 Å². The normalized spacial score (nSPS) is 28.7. The van der Waals surface area contributed by atoms with E-state index in [9.17, 15) is 13.6 Å². The van der Waals surface area contributed by atoms with E-state index >= 15 is 0 Å². The van der Waals surface area contributed by atoms with Crippen LogP contribution in [0.4, 0.5) is 20.4 Å². The molecular weight excluding hydrogens is 420 g/mol. The number of nitrogens with zero attached hydrogens (tertiary/aromatic N) is 5. The Morgan fingerprint density at radius 1 is 1.38 bits per heavy atom. The first-order chi connectivity index (χ1) is 15.4. The summed E-state index contributed by atoms with van der Waals surface area (Å²) in [6.07, 6.45) is 3.26. The van der Waals surface area contributed by atoms with Crippen LogP contribution in [0.25, 0.3) is 5.65 Å². The van der Waals surface area contributed by atoms with Crippen LogP contribution in [0.3, 0.4) is 0 Å². The van der Waals surface area contributed by atoms with E-state index in [1.807, 2.05) is 11.8 Å². The van der Waals surface area contributed by atoms with E-state index in [2.05, 4.69) is 20.4 Å². The number of halogens is 2. The van der Waals surface area contributed by atoms with Gasteiger partial charge in [0.25, 0.3) is 5.91 Å². The number of ether oxygens (including phenoxy) is 1. The van der Waals surface area contributed by atoms with E-state index in [1.165, 1.54) is 10.7 Å². The molecule has 1 saturated heterocycles. The molecule has 0 radical (unpaired) electrons. The highest BCUT2D eigenvalue weighted by Crippen LogP contribution is 2.44. The van der Waals surface area contributed by atoms with Gasteiger partial charge in [0.05, 0.1) is 24.8 Å².